The first kappa shape index (κ1) is 18.4. The summed E-state index contributed by atoms with van der Waals surface area (Å²) in [6, 6.07) is 7.97. The Hall–Kier alpha value is -2.42. The smallest absolute Gasteiger partial charge is 0.416 e. The molecule has 0 aliphatic carbocycles. The molecule has 2 aromatic rings. The molecule has 2 N–H and O–H groups in total. The van der Waals surface area contributed by atoms with Gasteiger partial charge in [-0.3, -0.25) is 4.79 Å². The number of benzene rings is 2. The molecule has 1 amide bonds. The van der Waals surface area contributed by atoms with E-state index in [9.17, 15) is 18.0 Å². The highest BCUT2D eigenvalue weighted by atomic mass is 79.9. The van der Waals surface area contributed by atoms with Crippen molar-refractivity contribution in [2.24, 2.45) is 0 Å². The van der Waals surface area contributed by atoms with Gasteiger partial charge < -0.3 is 20.1 Å². The van der Waals surface area contributed by atoms with E-state index in [2.05, 4.69) is 26.6 Å². The Kier molecular flexibility index (Phi) is 5.26. The van der Waals surface area contributed by atoms with Gasteiger partial charge in [-0.05, 0) is 34.1 Å². The maximum Gasteiger partial charge on any atom is 0.416 e. The van der Waals surface area contributed by atoms with E-state index >= 15 is 0 Å². The van der Waals surface area contributed by atoms with Crippen LogP contribution in [0.1, 0.15) is 5.56 Å². The number of fused-ring (bicyclic) bond motifs is 1. The van der Waals surface area contributed by atoms with Gasteiger partial charge in [-0.2, -0.15) is 13.2 Å². The number of hydrogen-bond donors (Lipinski definition) is 2. The van der Waals surface area contributed by atoms with Gasteiger partial charge in [0.2, 0.25) is 5.91 Å². The molecule has 2 aromatic carbocycles. The van der Waals surface area contributed by atoms with Crippen LogP contribution in [-0.4, -0.2) is 25.7 Å². The Morgan fingerprint density at radius 3 is 2.50 bits per heavy atom. The minimum absolute atomic E-state index is 0.192. The fourth-order valence-corrected chi connectivity index (χ4v) is 2.76. The third kappa shape index (κ3) is 4.40. The summed E-state index contributed by atoms with van der Waals surface area (Å²) in [6.07, 6.45) is -4.43. The summed E-state index contributed by atoms with van der Waals surface area (Å²) >= 11 is 3.34. The number of hydrogen-bond acceptors (Lipinski definition) is 4. The van der Waals surface area contributed by atoms with Crippen LogP contribution in [0.5, 0.6) is 11.5 Å². The molecule has 0 spiro atoms. The summed E-state index contributed by atoms with van der Waals surface area (Å²) in [5, 5.41) is 5.34. The molecule has 5 nitrogen and oxygen atoms in total. The highest BCUT2D eigenvalue weighted by Crippen LogP contribution is 2.38. The number of alkyl halides is 3. The summed E-state index contributed by atoms with van der Waals surface area (Å²) in [5.74, 6) is 0.670. The highest BCUT2D eigenvalue weighted by molar-refractivity contribution is 9.10. The fourth-order valence-electron chi connectivity index (χ4n) is 2.34. The topological polar surface area (TPSA) is 59.6 Å². The van der Waals surface area contributed by atoms with Crippen LogP contribution in [0.25, 0.3) is 0 Å². The molecule has 0 saturated carbocycles. The van der Waals surface area contributed by atoms with Crippen molar-refractivity contribution in [1.82, 2.24) is 0 Å². The lowest BCUT2D eigenvalue weighted by molar-refractivity contribution is -0.137. The minimum Gasteiger partial charge on any atom is -0.486 e. The molecule has 1 aliphatic rings. The minimum atomic E-state index is -4.43. The molecule has 1 heterocycles. The van der Waals surface area contributed by atoms with Crippen LogP contribution in [0.4, 0.5) is 24.5 Å². The number of carbonyl (C=O) groups is 1. The molecule has 0 aromatic heterocycles. The molecular weight excluding hydrogens is 417 g/mol. The van der Waals surface area contributed by atoms with Crippen LogP contribution < -0.4 is 20.1 Å². The van der Waals surface area contributed by atoms with E-state index in [-0.39, 0.29) is 12.2 Å². The molecular formula is C17H14BrF3N2O3. The van der Waals surface area contributed by atoms with Crippen LogP contribution in [0.2, 0.25) is 0 Å². The second kappa shape index (κ2) is 7.45. The molecule has 0 atom stereocenters. The lowest BCUT2D eigenvalue weighted by atomic mass is 10.2. The standard InChI is InChI=1S/C17H14BrF3N2O3/c18-12-7-14-15(26-5-4-25-14)8-13(12)23-16(24)9-22-11-3-1-2-10(6-11)17(19,20)21/h1-3,6-8,22H,4-5,9H2,(H,23,24). The van der Waals surface area contributed by atoms with Crippen molar-refractivity contribution in [1.29, 1.82) is 0 Å². The van der Waals surface area contributed by atoms with E-state index in [1.54, 1.807) is 12.1 Å². The number of anilines is 2. The van der Waals surface area contributed by atoms with Crippen LogP contribution in [-0.2, 0) is 11.0 Å². The molecule has 0 radical (unpaired) electrons. The summed E-state index contributed by atoms with van der Waals surface area (Å²) < 4.78 is 49.6. The molecule has 0 bridgehead atoms. The number of halogens is 4. The van der Waals surface area contributed by atoms with Crippen molar-refractivity contribution in [3.05, 3.63) is 46.4 Å². The first-order valence-electron chi connectivity index (χ1n) is 7.63. The fraction of sp³-hybridized carbons (Fsp3) is 0.235. The van der Waals surface area contributed by atoms with Gasteiger partial charge in [0.1, 0.15) is 13.2 Å². The van der Waals surface area contributed by atoms with Gasteiger partial charge in [0, 0.05) is 22.3 Å². The number of amides is 1. The molecule has 0 unspecified atom stereocenters. The van der Waals surface area contributed by atoms with Crippen LogP contribution in [0.15, 0.2) is 40.9 Å². The average molecular weight is 431 g/mol. The number of rotatable bonds is 4. The van der Waals surface area contributed by atoms with E-state index in [0.717, 1.165) is 12.1 Å². The SMILES string of the molecule is O=C(CNc1cccc(C(F)(F)F)c1)Nc1cc2c(cc1Br)OCCO2. The van der Waals surface area contributed by atoms with Gasteiger partial charge >= 0.3 is 6.18 Å². The van der Waals surface area contributed by atoms with Gasteiger partial charge in [0.15, 0.2) is 11.5 Å². The first-order valence-corrected chi connectivity index (χ1v) is 8.42. The van der Waals surface area contributed by atoms with E-state index in [0.29, 0.717) is 34.9 Å². The summed E-state index contributed by atoms with van der Waals surface area (Å²) in [4.78, 5) is 12.1. The molecule has 138 valence electrons. The van der Waals surface area contributed by atoms with Crippen molar-refractivity contribution in [2.75, 3.05) is 30.4 Å². The van der Waals surface area contributed by atoms with E-state index in [1.807, 2.05) is 0 Å². The van der Waals surface area contributed by atoms with Crippen LogP contribution in [0, 0.1) is 0 Å². The number of carbonyl (C=O) groups excluding carboxylic acids is 1. The quantitative estimate of drug-likeness (QED) is 0.759. The third-order valence-electron chi connectivity index (χ3n) is 3.55. The van der Waals surface area contributed by atoms with E-state index < -0.39 is 17.6 Å². The zero-order valence-corrected chi connectivity index (χ0v) is 14.9. The van der Waals surface area contributed by atoms with Gasteiger partial charge in [-0.1, -0.05) is 6.07 Å². The monoisotopic (exact) mass is 430 g/mol. The van der Waals surface area contributed by atoms with Gasteiger partial charge in [0.25, 0.3) is 0 Å². The molecule has 0 fully saturated rings. The Bertz CT molecular complexity index is 827. The Labute approximate surface area is 155 Å². The summed E-state index contributed by atoms with van der Waals surface area (Å²) in [7, 11) is 0. The predicted molar refractivity (Wildman–Crippen MR) is 93.7 cm³/mol. The van der Waals surface area contributed by atoms with Gasteiger partial charge in [-0.25, -0.2) is 0 Å². The molecule has 1 aliphatic heterocycles. The lowest BCUT2D eigenvalue weighted by Crippen LogP contribution is -2.22. The predicted octanol–water partition coefficient (Wildman–Crippen LogP) is 4.29. The van der Waals surface area contributed by atoms with Crippen molar-refractivity contribution in [2.45, 2.75) is 6.18 Å². The van der Waals surface area contributed by atoms with Crippen LogP contribution >= 0.6 is 15.9 Å². The Morgan fingerprint density at radius 2 is 1.81 bits per heavy atom. The third-order valence-corrected chi connectivity index (χ3v) is 4.21. The molecule has 26 heavy (non-hydrogen) atoms. The number of nitrogens with one attached hydrogen (secondary N) is 2. The zero-order valence-electron chi connectivity index (χ0n) is 13.3. The highest BCUT2D eigenvalue weighted by Gasteiger charge is 2.30. The second-order valence-corrected chi connectivity index (χ2v) is 6.31. The summed E-state index contributed by atoms with van der Waals surface area (Å²) in [6.45, 7) is 0.674. The van der Waals surface area contributed by atoms with E-state index in [4.69, 9.17) is 9.47 Å². The average Bonchev–Trinajstić information content (AvgIpc) is 2.60. The van der Waals surface area contributed by atoms with Crippen LogP contribution in [0.3, 0.4) is 0 Å². The number of ether oxygens (including phenoxy) is 2. The Balaban J connectivity index is 1.63. The van der Waals surface area contributed by atoms with Gasteiger partial charge in [-0.15, -0.1) is 0 Å². The van der Waals surface area contributed by atoms with Crippen molar-refractivity contribution < 1.29 is 27.4 Å². The zero-order chi connectivity index (χ0) is 18.7. The first-order chi connectivity index (χ1) is 12.3. The second-order valence-electron chi connectivity index (χ2n) is 5.46. The van der Waals surface area contributed by atoms with Gasteiger partial charge in [0.05, 0.1) is 17.8 Å². The van der Waals surface area contributed by atoms with E-state index in [1.165, 1.54) is 12.1 Å². The molecule has 0 saturated heterocycles. The maximum atomic E-state index is 12.7. The van der Waals surface area contributed by atoms with Crippen molar-refractivity contribution in [3.63, 3.8) is 0 Å². The molecule has 9 heteroatoms. The largest absolute Gasteiger partial charge is 0.486 e. The normalized spacial score (nSPS) is 13.2. The Morgan fingerprint density at radius 1 is 1.12 bits per heavy atom. The lowest BCUT2D eigenvalue weighted by Gasteiger charge is -2.20. The van der Waals surface area contributed by atoms with Crippen molar-refractivity contribution in [3.8, 4) is 11.5 Å². The maximum absolute atomic E-state index is 12.7. The molecule has 3 rings (SSSR count). The van der Waals surface area contributed by atoms with Crippen molar-refractivity contribution >= 4 is 33.2 Å². The summed E-state index contributed by atoms with van der Waals surface area (Å²) in [5.41, 5.74) is -0.0983.